The van der Waals surface area contributed by atoms with Gasteiger partial charge in [0.1, 0.15) is 0 Å². The van der Waals surface area contributed by atoms with Crippen molar-refractivity contribution in [1.82, 2.24) is 20.1 Å². The summed E-state index contributed by atoms with van der Waals surface area (Å²) in [6.45, 7) is 6.48. The minimum Gasteiger partial charge on any atom is -0.481 e. The SMILES string of the molecule is CN=C(NCc1cccc(OC)n1)N1CCC(N2CCOCC2)C1. The topological polar surface area (TPSA) is 62.2 Å². The van der Waals surface area contributed by atoms with E-state index in [0.29, 0.717) is 18.5 Å². The minimum absolute atomic E-state index is 0.599. The van der Waals surface area contributed by atoms with Gasteiger partial charge in [-0.3, -0.25) is 9.89 Å². The molecule has 1 aromatic rings. The number of nitrogens with zero attached hydrogens (tertiary/aromatic N) is 4. The number of aliphatic imine (C=N–C) groups is 1. The Labute approximate surface area is 143 Å². The summed E-state index contributed by atoms with van der Waals surface area (Å²) in [6.07, 6.45) is 1.18. The van der Waals surface area contributed by atoms with Gasteiger partial charge in [0.25, 0.3) is 0 Å². The lowest BCUT2D eigenvalue weighted by Crippen LogP contribution is -2.46. The van der Waals surface area contributed by atoms with Crippen molar-refractivity contribution in [3.05, 3.63) is 23.9 Å². The van der Waals surface area contributed by atoms with E-state index in [-0.39, 0.29) is 0 Å². The summed E-state index contributed by atoms with van der Waals surface area (Å²) in [5.41, 5.74) is 0.944. The smallest absolute Gasteiger partial charge is 0.213 e. The Morgan fingerprint density at radius 1 is 1.38 bits per heavy atom. The summed E-state index contributed by atoms with van der Waals surface area (Å²) in [5.74, 6) is 1.58. The van der Waals surface area contributed by atoms with Crippen molar-refractivity contribution in [2.45, 2.75) is 19.0 Å². The first kappa shape index (κ1) is 17.0. The number of aromatic nitrogens is 1. The number of hydrogen-bond donors (Lipinski definition) is 1. The van der Waals surface area contributed by atoms with Crippen LogP contribution >= 0.6 is 0 Å². The van der Waals surface area contributed by atoms with Crippen LogP contribution in [-0.2, 0) is 11.3 Å². The quantitative estimate of drug-likeness (QED) is 0.642. The highest BCUT2D eigenvalue weighted by Gasteiger charge is 2.30. The molecule has 2 aliphatic rings. The molecule has 1 N–H and O–H groups in total. The first-order valence-corrected chi connectivity index (χ1v) is 8.57. The van der Waals surface area contributed by atoms with Crippen LogP contribution in [0.1, 0.15) is 12.1 Å². The van der Waals surface area contributed by atoms with Crippen LogP contribution in [0.4, 0.5) is 0 Å². The molecule has 0 spiro atoms. The summed E-state index contributed by atoms with van der Waals surface area (Å²) >= 11 is 0. The lowest BCUT2D eigenvalue weighted by molar-refractivity contribution is 0.0195. The number of guanidine groups is 1. The van der Waals surface area contributed by atoms with Gasteiger partial charge in [0.05, 0.1) is 32.6 Å². The van der Waals surface area contributed by atoms with E-state index >= 15 is 0 Å². The van der Waals surface area contributed by atoms with Gasteiger partial charge in [-0.15, -0.1) is 0 Å². The number of morpholine rings is 1. The summed E-state index contributed by atoms with van der Waals surface area (Å²) in [4.78, 5) is 13.7. The van der Waals surface area contributed by atoms with E-state index in [4.69, 9.17) is 9.47 Å². The maximum Gasteiger partial charge on any atom is 0.213 e. The number of ether oxygens (including phenoxy) is 2. The lowest BCUT2D eigenvalue weighted by Gasteiger charge is -2.32. The third kappa shape index (κ3) is 4.15. The molecule has 0 radical (unpaired) electrons. The normalized spacial score (nSPS) is 22.7. The Hall–Kier alpha value is -1.86. The average Bonchev–Trinajstić information content (AvgIpc) is 3.13. The molecular formula is C17H27N5O2. The van der Waals surface area contributed by atoms with E-state index in [1.807, 2.05) is 25.2 Å². The van der Waals surface area contributed by atoms with Crippen molar-refractivity contribution in [3.63, 3.8) is 0 Å². The van der Waals surface area contributed by atoms with Gasteiger partial charge in [0.2, 0.25) is 5.88 Å². The van der Waals surface area contributed by atoms with Gasteiger partial charge in [0.15, 0.2) is 5.96 Å². The molecule has 2 fully saturated rings. The predicted octanol–water partition coefficient (Wildman–Crippen LogP) is 0.572. The van der Waals surface area contributed by atoms with Crippen LogP contribution in [0.25, 0.3) is 0 Å². The zero-order chi connectivity index (χ0) is 16.8. The lowest BCUT2D eigenvalue weighted by atomic mass is 10.2. The van der Waals surface area contributed by atoms with Crippen LogP contribution in [-0.4, -0.2) is 80.3 Å². The fourth-order valence-electron chi connectivity index (χ4n) is 3.35. The minimum atomic E-state index is 0.599. The van der Waals surface area contributed by atoms with Crippen LogP contribution in [0.2, 0.25) is 0 Å². The number of pyridine rings is 1. The molecule has 3 rings (SSSR count). The van der Waals surface area contributed by atoms with E-state index in [9.17, 15) is 0 Å². The summed E-state index contributed by atoms with van der Waals surface area (Å²) in [7, 11) is 3.47. The molecule has 3 heterocycles. The second-order valence-corrected chi connectivity index (χ2v) is 6.11. The van der Waals surface area contributed by atoms with Gasteiger partial charge in [0, 0.05) is 45.3 Å². The van der Waals surface area contributed by atoms with Crippen LogP contribution < -0.4 is 10.1 Å². The molecule has 0 aromatic carbocycles. The Kier molecular flexibility index (Phi) is 5.87. The Morgan fingerprint density at radius 2 is 2.21 bits per heavy atom. The van der Waals surface area contributed by atoms with Crippen molar-refractivity contribution >= 4 is 5.96 Å². The molecule has 1 unspecified atom stereocenters. The third-order valence-electron chi connectivity index (χ3n) is 4.65. The molecule has 2 saturated heterocycles. The summed E-state index contributed by atoms with van der Waals surface area (Å²) in [6, 6.07) is 6.40. The van der Waals surface area contributed by atoms with E-state index in [1.165, 1.54) is 6.42 Å². The molecule has 1 atom stereocenters. The third-order valence-corrected chi connectivity index (χ3v) is 4.65. The number of nitrogens with one attached hydrogen (secondary N) is 1. The van der Waals surface area contributed by atoms with Gasteiger partial charge in [-0.1, -0.05) is 6.07 Å². The molecule has 0 saturated carbocycles. The molecule has 7 nitrogen and oxygen atoms in total. The van der Waals surface area contributed by atoms with Crippen molar-refractivity contribution in [2.24, 2.45) is 4.99 Å². The van der Waals surface area contributed by atoms with E-state index in [2.05, 4.69) is 25.1 Å². The molecule has 1 aromatic heterocycles. The monoisotopic (exact) mass is 333 g/mol. The largest absolute Gasteiger partial charge is 0.481 e. The maximum atomic E-state index is 5.45. The zero-order valence-corrected chi connectivity index (χ0v) is 14.6. The average molecular weight is 333 g/mol. The Morgan fingerprint density at radius 3 is 2.96 bits per heavy atom. The molecule has 0 bridgehead atoms. The van der Waals surface area contributed by atoms with Gasteiger partial charge in [-0.05, 0) is 12.5 Å². The first-order chi connectivity index (χ1) is 11.8. The number of methoxy groups -OCH3 is 1. The van der Waals surface area contributed by atoms with Gasteiger partial charge >= 0.3 is 0 Å². The first-order valence-electron chi connectivity index (χ1n) is 8.57. The highest BCUT2D eigenvalue weighted by atomic mass is 16.5. The van der Waals surface area contributed by atoms with Crippen molar-refractivity contribution in [3.8, 4) is 5.88 Å². The van der Waals surface area contributed by atoms with Crippen molar-refractivity contribution in [2.75, 3.05) is 53.6 Å². The zero-order valence-electron chi connectivity index (χ0n) is 14.6. The van der Waals surface area contributed by atoms with Crippen molar-refractivity contribution < 1.29 is 9.47 Å². The van der Waals surface area contributed by atoms with Crippen LogP contribution in [0.3, 0.4) is 0 Å². The van der Waals surface area contributed by atoms with E-state index < -0.39 is 0 Å². The molecule has 132 valence electrons. The van der Waals surface area contributed by atoms with Crippen LogP contribution in [0.15, 0.2) is 23.2 Å². The number of hydrogen-bond acceptors (Lipinski definition) is 5. The van der Waals surface area contributed by atoms with Crippen LogP contribution in [0.5, 0.6) is 5.88 Å². The van der Waals surface area contributed by atoms with Crippen LogP contribution in [0, 0.1) is 0 Å². The summed E-state index contributed by atoms with van der Waals surface area (Å²) in [5, 5.41) is 3.42. The second-order valence-electron chi connectivity index (χ2n) is 6.11. The highest BCUT2D eigenvalue weighted by Crippen LogP contribution is 2.17. The molecule has 24 heavy (non-hydrogen) atoms. The highest BCUT2D eigenvalue weighted by molar-refractivity contribution is 5.80. The van der Waals surface area contributed by atoms with Gasteiger partial charge in [-0.25, -0.2) is 4.98 Å². The van der Waals surface area contributed by atoms with E-state index in [0.717, 1.165) is 51.0 Å². The fourth-order valence-corrected chi connectivity index (χ4v) is 3.35. The Balaban J connectivity index is 1.53. The van der Waals surface area contributed by atoms with Gasteiger partial charge in [-0.2, -0.15) is 0 Å². The van der Waals surface area contributed by atoms with Gasteiger partial charge < -0.3 is 19.7 Å². The van der Waals surface area contributed by atoms with Crippen molar-refractivity contribution in [1.29, 1.82) is 0 Å². The fraction of sp³-hybridized carbons (Fsp3) is 0.647. The maximum absolute atomic E-state index is 5.45. The molecule has 7 heteroatoms. The van der Waals surface area contributed by atoms with E-state index in [1.54, 1.807) is 7.11 Å². The predicted molar refractivity (Wildman–Crippen MR) is 93.4 cm³/mol. The Bertz CT molecular complexity index is 560. The molecule has 2 aliphatic heterocycles. The number of rotatable bonds is 4. The number of likely N-dealkylation sites (tertiary alicyclic amines) is 1. The molecular weight excluding hydrogens is 306 g/mol. The molecule has 0 amide bonds. The molecule has 0 aliphatic carbocycles. The second kappa shape index (κ2) is 8.30. The summed E-state index contributed by atoms with van der Waals surface area (Å²) < 4.78 is 10.6. The standard InChI is InChI=1S/C17H27N5O2/c1-18-17(19-12-14-4-3-5-16(20-14)23-2)22-7-6-15(13-22)21-8-10-24-11-9-21/h3-5,15H,6-13H2,1-2H3,(H,18,19).